The summed E-state index contributed by atoms with van der Waals surface area (Å²) in [5.74, 6) is 0. The number of unbranched alkanes of at least 4 members (excludes halogenated alkanes) is 3. The third-order valence-electron chi connectivity index (χ3n) is 0.884. The van der Waals surface area contributed by atoms with E-state index in [1.165, 1.54) is 19.3 Å². The van der Waals surface area contributed by atoms with Gasteiger partial charge in [0.25, 0.3) is 0 Å². The smallest absolute Gasteiger partial charge is 0.0850 e. The fraction of sp³-hybridized carbons (Fsp3) is 0.833. The topological polar surface area (TPSA) is 0 Å². The Bertz CT molecular complexity index is 23.4. The van der Waals surface area contributed by atoms with Gasteiger partial charge in [0, 0.05) is 5.33 Å². The standard InChI is InChI=1S/C6H12Br/c1-2-3-4-5-6-7/h1-6H2/q+1. The van der Waals surface area contributed by atoms with Crippen molar-refractivity contribution >= 4 is 15.9 Å². The van der Waals surface area contributed by atoms with Gasteiger partial charge in [-0.1, -0.05) is 15.9 Å². The third kappa shape index (κ3) is 6.35. The molecule has 0 aromatic heterocycles. The molecule has 7 heavy (non-hydrogen) atoms. The second-order valence-corrected chi connectivity index (χ2v) is 2.40. The Hall–Kier alpha value is 0.350. The summed E-state index contributed by atoms with van der Waals surface area (Å²) >= 11 is 3.36. The Balaban J connectivity index is 2.45. The lowest BCUT2D eigenvalue weighted by Gasteiger charge is -1.86. The van der Waals surface area contributed by atoms with Crippen LogP contribution in [0, 0.1) is 6.92 Å². The van der Waals surface area contributed by atoms with Crippen LogP contribution < -0.4 is 0 Å². The van der Waals surface area contributed by atoms with Crippen molar-refractivity contribution in [3.63, 3.8) is 0 Å². The van der Waals surface area contributed by atoms with Crippen molar-refractivity contribution < 1.29 is 0 Å². The van der Waals surface area contributed by atoms with Crippen LogP contribution in [0.5, 0.6) is 0 Å². The molecule has 0 rings (SSSR count). The molecule has 0 aromatic carbocycles. The SMILES string of the molecule is [CH2+]CCCCCBr. The average Bonchev–Trinajstić information content (AvgIpc) is 1.69. The first-order valence-electron chi connectivity index (χ1n) is 2.77. The van der Waals surface area contributed by atoms with Crippen LogP contribution in [0.25, 0.3) is 0 Å². The van der Waals surface area contributed by atoms with Crippen LogP contribution in [0.4, 0.5) is 0 Å². The van der Waals surface area contributed by atoms with Gasteiger partial charge in [0.2, 0.25) is 0 Å². The Morgan fingerprint density at radius 2 is 1.86 bits per heavy atom. The number of hydrogen-bond donors (Lipinski definition) is 0. The summed E-state index contributed by atoms with van der Waals surface area (Å²) in [6.07, 6.45) is 5.00. The first-order chi connectivity index (χ1) is 3.41. The van der Waals surface area contributed by atoms with Crippen molar-refractivity contribution in [3.05, 3.63) is 6.92 Å². The van der Waals surface area contributed by atoms with Crippen molar-refractivity contribution in [3.8, 4) is 0 Å². The molecule has 0 heterocycles. The fourth-order valence-corrected chi connectivity index (χ4v) is 0.845. The zero-order valence-electron chi connectivity index (χ0n) is 4.62. The second-order valence-electron chi connectivity index (χ2n) is 1.60. The van der Waals surface area contributed by atoms with E-state index in [2.05, 4.69) is 22.9 Å². The van der Waals surface area contributed by atoms with Gasteiger partial charge >= 0.3 is 0 Å². The molecule has 0 saturated carbocycles. The lowest BCUT2D eigenvalue weighted by atomic mass is 10.2. The first kappa shape index (κ1) is 7.35. The van der Waals surface area contributed by atoms with Crippen LogP contribution in [0.1, 0.15) is 25.7 Å². The van der Waals surface area contributed by atoms with E-state index in [-0.39, 0.29) is 0 Å². The van der Waals surface area contributed by atoms with E-state index in [9.17, 15) is 0 Å². The van der Waals surface area contributed by atoms with Gasteiger partial charge in [-0.05, 0) is 19.3 Å². The molecular weight excluding hydrogens is 152 g/mol. The molecule has 0 aliphatic carbocycles. The van der Waals surface area contributed by atoms with Gasteiger partial charge in [0.15, 0.2) is 0 Å². The maximum atomic E-state index is 3.74. The number of hydrogen-bond acceptors (Lipinski definition) is 0. The van der Waals surface area contributed by atoms with Crippen LogP contribution in [0.15, 0.2) is 0 Å². The highest BCUT2D eigenvalue weighted by atomic mass is 79.9. The van der Waals surface area contributed by atoms with Gasteiger partial charge in [-0.15, -0.1) is 0 Å². The highest BCUT2D eigenvalue weighted by Gasteiger charge is 1.84. The predicted molar refractivity (Wildman–Crippen MR) is 37.6 cm³/mol. The van der Waals surface area contributed by atoms with E-state index in [0.29, 0.717) is 0 Å². The number of halogens is 1. The van der Waals surface area contributed by atoms with Crippen molar-refractivity contribution in [2.24, 2.45) is 0 Å². The summed E-state index contributed by atoms with van der Waals surface area (Å²) in [4.78, 5) is 0. The van der Waals surface area contributed by atoms with Gasteiger partial charge in [-0.25, -0.2) is 0 Å². The first-order valence-corrected chi connectivity index (χ1v) is 3.89. The molecule has 0 aromatic rings. The summed E-state index contributed by atoms with van der Waals surface area (Å²) < 4.78 is 0. The van der Waals surface area contributed by atoms with Crippen LogP contribution >= 0.6 is 15.9 Å². The second kappa shape index (κ2) is 6.35. The minimum atomic E-state index is 1.09. The van der Waals surface area contributed by atoms with Crippen LogP contribution in [-0.4, -0.2) is 5.33 Å². The number of rotatable bonds is 4. The molecule has 0 unspecified atom stereocenters. The van der Waals surface area contributed by atoms with Gasteiger partial charge in [0.05, 0.1) is 13.3 Å². The molecule has 0 aliphatic heterocycles. The summed E-state index contributed by atoms with van der Waals surface area (Å²) in [5.41, 5.74) is 0. The summed E-state index contributed by atoms with van der Waals surface area (Å²) in [6.45, 7) is 3.74. The van der Waals surface area contributed by atoms with Crippen molar-refractivity contribution in [2.45, 2.75) is 25.7 Å². The summed E-state index contributed by atoms with van der Waals surface area (Å²) in [5, 5.41) is 1.15. The van der Waals surface area contributed by atoms with E-state index in [1.54, 1.807) is 0 Å². The molecule has 0 aliphatic rings. The lowest BCUT2D eigenvalue weighted by molar-refractivity contribution is 0.735. The molecular formula is C6H12Br+. The lowest BCUT2D eigenvalue weighted by Crippen LogP contribution is -1.74. The summed E-state index contributed by atoms with van der Waals surface area (Å²) in [6, 6.07) is 0. The zero-order valence-corrected chi connectivity index (χ0v) is 6.21. The molecule has 42 valence electrons. The number of alkyl halides is 1. The zero-order chi connectivity index (χ0) is 5.54. The highest BCUT2D eigenvalue weighted by molar-refractivity contribution is 9.09. The largest absolute Gasteiger partial charge is 0.0928 e. The van der Waals surface area contributed by atoms with E-state index >= 15 is 0 Å². The maximum Gasteiger partial charge on any atom is 0.0850 e. The molecule has 0 saturated heterocycles. The fourth-order valence-electron chi connectivity index (χ4n) is 0.448. The molecule has 1 heteroatoms. The summed E-state index contributed by atoms with van der Waals surface area (Å²) in [7, 11) is 0. The normalized spacial score (nSPS) is 9.29. The maximum absolute atomic E-state index is 3.74. The van der Waals surface area contributed by atoms with Crippen LogP contribution in [0.2, 0.25) is 0 Å². The van der Waals surface area contributed by atoms with E-state index in [0.717, 1.165) is 11.8 Å². The molecule has 0 amide bonds. The van der Waals surface area contributed by atoms with Crippen LogP contribution in [-0.2, 0) is 0 Å². The van der Waals surface area contributed by atoms with Crippen LogP contribution in [0.3, 0.4) is 0 Å². The Labute approximate surface area is 54.4 Å². The van der Waals surface area contributed by atoms with E-state index in [4.69, 9.17) is 0 Å². The molecule has 0 radical (unpaired) electrons. The van der Waals surface area contributed by atoms with Gasteiger partial charge in [-0.3, -0.25) is 0 Å². The van der Waals surface area contributed by atoms with Gasteiger partial charge < -0.3 is 0 Å². The third-order valence-corrected chi connectivity index (χ3v) is 1.44. The van der Waals surface area contributed by atoms with Gasteiger partial charge in [0.1, 0.15) is 0 Å². The molecule has 0 N–H and O–H groups in total. The Kier molecular flexibility index (Phi) is 6.67. The van der Waals surface area contributed by atoms with Crippen molar-refractivity contribution in [1.29, 1.82) is 0 Å². The molecule has 0 atom stereocenters. The quantitative estimate of drug-likeness (QED) is 0.340. The van der Waals surface area contributed by atoms with E-state index in [1.807, 2.05) is 0 Å². The minimum Gasteiger partial charge on any atom is -0.0928 e. The molecule has 0 nitrogen and oxygen atoms in total. The van der Waals surface area contributed by atoms with Gasteiger partial charge in [-0.2, -0.15) is 0 Å². The van der Waals surface area contributed by atoms with Crippen molar-refractivity contribution in [1.82, 2.24) is 0 Å². The highest BCUT2D eigenvalue weighted by Crippen LogP contribution is 1.99. The van der Waals surface area contributed by atoms with Crippen molar-refractivity contribution in [2.75, 3.05) is 5.33 Å². The Morgan fingerprint density at radius 3 is 2.29 bits per heavy atom. The molecule has 0 fully saturated rings. The van der Waals surface area contributed by atoms with E-state index < -0.39 is 0 Å². The monoisotopic (exact) mass is 163 g/mol. The predicted octanol–water partition coefficient (Wildman–Crippen LogP) is 2.78. The molecule has 0 bridgehead atoms. The Morgan fingerprint density at radius 1 is 1.14 bits per heavy atom. The molecule has 0 spiro atoms. The minimum absolute atomic E-state index is 1.09. The average molecular weight is 164 g/mol.